The molecule has 2 saturated heterocycles. The van der Waals surface area contributed by atoms with Gasteiger partial charge in [-0.05, 0) is 99.5 Å². The maximum Gasteiger partial charge on any atom is 0.313 e. The molecule has 0 bridgehead atoms. The molecular formula is C89H143ClO16S. The van der Waals surface area contributed by atoms with Gasteiger partial charge in [0.25, 0.3) is 9.05 Å². The number of aliphatic carboxylic acids is 2. The van der Waals surface area contributed by atoms with Crippen molar-refractivity contribution in [3.63, 3.8) is 0 Å². The summed E-state index contributed by atoms with van der Waals surface area (Å²) in [6.45, 7) is 12.6. The van der Waals surface area contributed by atoms with Crippen LogP contribution in [0.5, 0.6) is 0 Å². The molecule has 107 heavy (non-hydrogen) atoms. The molecule has 2 aliphatic heterocycles. The van der Waals surface area contributed by atoms with Crippen LogP contribution >= 0.6 is 10.7 Å². The van der Waals surface area contributed by atoms with Crippen LogP contribution in [0.4, 0.5) is 0 Å². The van der Waals surface area contributed by atoms with E-state index in [1.54, 1.807) is 18.2 Å². The number of benzene rings is 4. The lowest BCUT2D eigenvalue weighted by Gasteiger charge is -2.35. The summed E-state index contributed by atoms with van der Waals surface area (Å²) in [5.41, 5.74) is 3.47. The van der Waals surface area contributed by atoms with Gasteiger partial charge in [-0.2, -0.15) is 0 Å². The predicted octanol–water partition coefficient (Wildman–Crippen LogP) is 22.5. The maximum atomic E-state index is 11.6. The fraction of sp³-hybridized carbons (Fsp3) is 0.674. The Morgan fingerprint density at radius 1 is 0.439 bits per heavy atom. The minimum atomic E-state index is -3.53. The van der Waals surface area contributed by atoms with E-state index >= 15 is 0 Å². The van der Waals surface area contributed by atoms with Gasteiger partial charge in [-0.1, -0.05) is 330 Å². The number of halogens is 1. The number of hydrogen-bond acceptors (Lipinski definition) is 14. The molecule has 2 fully saturated rings. The Morgan fingerprint density at radius 3 is 1.15 bits per heavy atom. The lowest BCUT2D eigenvalue weighted by Crippen LogP contribution is -2.45. The second kappa shape index (κ2) is 70.8. The molecule has 4 aromatic rings. The van der Waals surface area contributed by atoms with Gasteiger partial charge in [-0.15, -0.1) is 0 Å². The first kappa shape index (κ1) is 99.5. The van der Waals surface area contributed by atoms with Crippen molar-refractivity contribution in [1.29, 1.82) is 0 Å². The topological polar surface area (TPSA) is 247 Å². The lowest BCUT2D eigenvalue weighted by atomic mass is 9.89. The Hall–Kier alpha value is -5.53. The zero-order valence-corrected chi connectivity index (χ0v) is 68.0. The fourth-order valence-electron chi connectivity index (χ4n) is 12.5. The van der Waals surface area contributed by atoms with E-state index in [2.05, 4.69) is 52.0 Å². The van der Waals surface area contributed by atoms with Crippen molar-refractivity contribution in [3.8, 4) is 0 Å². The molecule has 4 N–H and O–H groups in total. The summed E-state index contributed by atoms with van der Waals surface area (Å²) in [5, 5.41) is 36.9. The normalized spacial score (nSPS) is 15.4. The molecule has 0 saturated carbocycles. The van der Waals surface area contributed by atoms with Gasteiger partial charge in [-0.25, -0.2) is 8.42 Å². The molecule has 2 aliphatic rings. The molecular weight excluding hydrogens is 1390 g/mol. The quantitative estimate of drug-likeness (QED) is 0.0139. The van der Waals surface area contributed by atoms with Crippen LogP contribution in [0, 0.1) is 17.8 Å². The number of hydrogen-bond donors (Lipinski definition) is 4. The smallest absolute Gasteiger partial charge is 0.313 e. The Morgan fingerprint density at radius 2 is 0.785 bits per heavy atom. The Bertz CT molecular complexity index is 2800. The summed E-state index contributed by atoms with van der Waals surface area (Å²) in [5.74, 6) is -2.48. The van der Waals surface area contributed by atoms with E-state index in [0.717, 1.165) is 95.5 Å². The molecule has 0 aliphatic carbocycles. The molecule has 0 aromatic heterocycles. The van der Waals surface area contributed by atoms with Crippen LogP contribution in [0.1, 0.15) is 320 Å². The third kappa shape index (κ3) is 57.2. The number of carbonyl (C=O) groups excluding carboxylic acids is 3. The van der Waals surface area contributed by atoms with E-state index < -0.39 is 33.0 Å². The minimum absolute atomic E-state index is 0.0277. The zero-order valence-electron chi connectivity index (χ0n) is 66.4. The Labute approximate surface area is 651 Å². The minimum Gasteiger partial charge on any atom is -0.481 e. The van der Waals surface area contributed by atoms with E-state index in [1.165, 1.54) is 197 Å². The van der Waals surface area contributed by atoms with E-state index in [4.69, 9.17) is 44.6 Å². The van der Waals surface area contributed by atoms with Gasteiger partial charge >= 0.3 is 23.9 Å². The van der Waals surface area contributed by atoms with Gasteiger partial charge in [-0.3, -0.25) is 19.2 Å². The highest BCUT2D eigenvalue weighted by molar-refractivity contribution is 8.13. The van der Waals surface area contributed by atoms with Gasteiger partial charge in [0.1, 0.15) is 18.5 Å². The summed E-state index contributed by atoms with van der Waals surface area (Å²) in [6.07, 6.45) is 48.8. The molecule has 6 rings (SSSR count). The number of aliphatic hydroxyl groups excluding tert-OH is 2. The number of carboxylic acids is 2. The second-order valence-corrected chi connectivity index (χ2v) is 31.1. The monoisotopic (exact) mass is 1530 g/mol. The summed E-state index contributed by atoms with van der Waals surface area (Å²) < 4.78 is 48.5. The summed E-state index contributed by atoms with van der Waals surface area (Å²) in [4.78, 5) is 54.5. The summed E-state index contributed by atoms with van der Waals surface area (Å²) in [7, 11) is 1.50. The SMILES string of the molecule is CCCCCCCCCC(O)C(CCOCc1ccccc1)C(=O)O.CCCCCCCCCC1OC(=O)C1CCO.CCCCCCCCCC1OC(=O)C1CCOCc1ccccc1.CCCCCCCCCC=O.O=C(O)CCCCCCCCCOCc1ccccc1.O=S(=O)(Cl)c1ccccc1. The molecule has 2 heterocycles. The zero-order chi connectivity index (χ0) is 78.3. The van der Waals surface area contributed by atoms with Crippen LogP contribution in [0.3, 0.4) is 0 Å². The van der Waals surface area contributed by atoms with Gasteiger partial charge in [0.05, 0.1) is 48.6 Å². The van der Waals surface area contributed by atoms with E-state index in [1.807, 2.05) is 66.7 Å². The average Bonchev–Trinajstić information content (AvgIpc) is 0.826. The highest BCUT2D eigenvalue weighted by Gasteiger charge is 2.42. The summed E-state index contributed by atoms with van der Waals surface area (Å²) >= 11 is 0. The number of esters is 2. The van der Waals surface area contributed by atoms with Crippen molar-refractivity contribution in [3.05, 3.63) is 138 Å². The molecule has 608 valence electrons. The van der Waals surface area contributed by atoms with E-state index in [-0.39, 0.29) is 47.5 Å². The maximum absolute atomic E-state index is 11.6. The number of aldehydes is 1. The van der Waals surface area contributed by atoms with Crippen molar-refractivity contribution in [2.45, 2.75) is 347 Å². The third-order valence-electron chi connectivity index (χ3n) is 19.2. The van der Waals surface area contributed by atoms with Crippen LogP contribution in [-0.4, -0.2) is 104 Å². The van der Waals surface area contributed by atoms with Gasteiger partial charge in [0.15, 0.2) is 0 Å². The number of unbranched alkanes of at least 4 members (excludes halogenated alkanes) is 31. The molecule has 0 spiro atoms. The van der Waals surface area contributed by atoms with E-state index in [0.29, 0.717) is 58.7 Å². The standard InChI is InChI=1S/C21H34O4.C21H32O3.C17H26O3.C14H26O3.C10H20O.C6H5ClO2S/c1-2-3-4-5-6-7-11-14-20(22)19(21(23)24)15-16-25-17-18-12-9-8-10-13-18;1-2-3-4-5-6-7-11-14-20-19(21(22)24-20)15-16-23-17-18-12-9-8-10-13-18;18-17(19)13-9-4-2-1-3-5-10-14-20-15-16-11-7-6-8-12-16;1-2-3-4-5-6-7-8-9-13-12(10-11-15)14(16)17-13;1-2-3-4-5-6-7-8-9-10-11;7-10(8,9)6-4-2-1-3-5-6/h8-10,12-13,19-20,22H,2-7,11,14-17H2,1H3,(H,23,24);8-10,12-13,19-20H,2-7,11,14-17H2,1H3;6-8,11-12H,1-5,9-10,13-15H2,(H,18,19);12-13,15H,2-11H2,1H3;10H,2-9H2,1H3;1-5H. The van der Waals surface area contributed by atoms with Crippen molar-refractivity contribution >= 4 is 49.9 Å². The number of cyclic esters (lactones) is 2. The van der Waals surface area contributed by atoms with Crippen molar-refractivity contribution in [1.82, 2.24) is 0 Å². The summed E-state index contributed by atoms with van der Waals surface area (Å²) in [6, 6.07) is 38.0. The van der Waals surface area contributed by atoms with Crippen LogP contribution in [0.2, 0.25) is 0 Å². The number of carboxylic acid groups (broad SMARTS) is 2. The molecule has 18 heteroatoms. The first-order valence-electron chi connectivity index (χ1n) is 41.5. The van der Waals surface area contributed by atoms with Crippen LogP contribution in [-0.2, 0) is 76.5 Å². The number of ether oxygens (including phenoxy) is 5. The van der Waals surface area contributed by atoms with Crippen molar-refractivity contribution in [2.24, 2.45) is 17.8 Å². The largest absolute Gasteiger partial charge is 0.481 e. The molecule has 16 nitrogen and oxygen atoms in total. The number of aliphatic hydroxyl groups is 2. The van der Waals surface area contributed by atoms with Crippen molar-refractivity contribution in [2.75, 3.05) is 26.4 Å². The third-order valence-corrected chi connectivity index (χ3v) is 20.5. The van der Waals surface area contributed by atoms with Crippen LogP contribution in [0.15, 0.2) is 126 Å². The number of rotatable bonds is 59. The molecule has 0 radical (unpaired) electrons. The number of carbonyl (C=O) groups is 5. The molecule has 6 unspecified atom stereocenters. The van der Waals surface area contributed by atoms with E-state index in [9.17, 15) is 42.6 Å². The van der Waals surface area contributed by atoms with Gasteiger partial charge in [0.2, 0.25) is 0 Å². The van der Waals surface area contributed by atoms with Crippen molar-refractivity contribution < 1.29 is 76.5 Å². The lowest BCUT2D eigenvalue weighted by molar-refractivity contribution is -0.187. The van der Waals surface area contributed by atoms with Crippen LogP contribution < -0.4 is 0 Å². The van der Waals surface area contributed by atoms with Gasteiger partial charge in [0, 0.05) is 50.0 Å². The fourth-order valence-corrected chi connectivity index (χ4v) is 13.3. The average molecular weight is 1540 g/mol. The first-order chi connectivity index (χ1) is 52.1. The molecule has 6 atom stereocenters. The van der Waals surface area contributed by atoms with Gasteiger partial charge < -0.3 is 48.9 Å². The first-order valence-corrected chi connectivity index (χ1v) is 43.8. The highest BCUT2D eigenvalue weighted by Crippen LogP contribution is 2.31. The Balaban J connectivity index is 0.000000659. The molecule has 0 amide bonds. The highest BCUT2D eigenvalue weighted by atomic mass is 35.7. The second-order valence-electron chi connectivity index (χ2n) is 28.6. The van der Waals surface area contributed by atoms with Crippen LogP contribution in [0.25, 0.3) is 0 Å². The Kier molecular flexibility index (Phi) is 65.8. The predicted molar refractivity (Wildman–Crippen MR) is 434 cm³/mol. The molecule has 4 aromatic carbocycles.